The number of para-hydroxylation sites is 2. The van der Waals surface area contributed by atoms with Crippen LogP contribution in [0.1, 0.15) is 25.1 Å². The van der Waals surface area contributed by atoms with Crippen molar-refractivity contribution in [2.75, 3.05) is 6.54 Å². The summed E-state index contributed by atoms with van der Waals surface area (Å²) in [6, 6.07) is 8.31. The van der Waals surface area contributed by atoms with Gasteiger partial charge in [-0.3, -0.25) is 0 Å². The Morgan fingerprint density at radius 2 is 2.12 bits per heavy atom. The first-order valence-electron chi connectivity index (χ1n) is 6.35. The Morgan fingerprint density at radius 1 is 1.35 bits per heavy atom. The number of aromatic nitrogens is 2. The van der Waals surface area contributed by atoms with Gasteiger partial charge in [-0.2, -0.15) is 0 Å². The van der Waals surface area contributed by atoms with Crippen LogP contribution in [0.15, 0.2) is 24.3 Å². The first-order chi connectivity index (χ1) is 8.24. The molecule has 0 saturated heterocycles. The predicted molar refractivity (Wildman–Crippen MR) is 69.8 cm³/mol. The second-order valence-electron chi connectivity index (χ2n) is 5.31. The van der Waals surface area contributed by atoms with E-state index in [-0.39, 0.29) is 0 Å². The lowest BCUT2D eigenvalue weighted by atomic mass is 9.66. The van der Waals surface area contributed by atoms with E-state index in [2.05, 4.69) is 29.8 Å². The molecule has 0 atom stereocenters. The third-order valence-corrected chi connectivity index (χ3v) is 4.26. The van der Waals surface area contributed by atoms with Gasteiger partial charge in [0.1, 0.15) is 5.82 Å². The summed E-state index contributed by atoms with van der Waals surface area (Å²) in [4.78, 5) is 4.73. The van der Waals surface area contributed by atoms with Gasteiger partial charge in [0.05, 0.1) is 11.0 Å². The minimum atomic E-state index is 0.329. The number of hydrogen-bond acceptors (Lipinski definition) is 2. The van der Waals surface area contributed by atoms with Gasteiger partial charge in [-0.15, -0.1) is 0 Å². The molecule has 90 valence electrons. The first kappa shape index (κ1) is 10.8. The molecular weight excluding hydrogens is 210 g/mol. The standard InChI is InChI=1S/C14H19N3/c1-17-12-6-3-2-5-11(12)16-13(17)9-14(10-15)7-4-8-14/h2-3,5-6H,4,7-10,15H2,1H3. The summed E-state index contributed by atoms with van der Waals surface area (Å²) in [5.74, 6) is 1.18. The quantitative estimate of drug-likeness (QED) is 0.877. The zero-order chi connectivity index (χ0) is 11.9. The summed E-state index contributed by atoms with van der Waals surface area (Å²) in [6.45, 7) is 0.788. The molecule has 0 radical (unpaired) electrons. The van der Waals surface area contributed by atoms with E-state index in [0.717, 1.165) is 18.5 Å². The zero-order valence-corrected chi connectivity index (χ0v) is 10.3. The van der Waals surface area contributed by atoms with Gasteiger partial charge < -0.3 is 10.3 Å². The highest BCUT2D eigenvalue weighted by Crippen LogP contribution is 2.42. The molecule has 1 aromatic carbocycles. The molecule has 1 aliphatic carbocycles. The molecule has 3 nitrogen and oxygen atoms in total. The number of aryl methyl sites for hydroxylation is 1. The molecule has 2 aromatic rings. The molecule has 1 saturated carbocycles. The van der Waals surface area contributed by atoms with Gasteiger partial charge in [0.2, 0.25) is 0 Å². The molecule has 0 bridgehead atoms. The van der Waals surface area contributed by atoms with Crippen LogP contribution in [0.4, 0.5) is 0 Å². The van der Waals surface area contributed by atoms with Crippen molar-refractivity contribution in [2.24, 2.45) is 18.2 Å². The summed E-state index contributed by atoms with van der Waals surface area (Å²) in [7, 11) is 2.10. The highest BCUT2D eigenvalue weighted by Gasteiger charge is 2.36. The predicted octanol–water partition coefficient (Wildman–Crippen LogP) is 2.24. The molecule has 1 aliphatic rings. The van der Waals surface area contributed by atoms with E-state index in [4.69, 9.17) is 10.7 Å². The van der Waals surface area contributed by atoms with Gasteiger partial charge in [0.15, 0.2) is 0 Å². The molecule has 1 heterocycles. The van der Waals surface area contributed by atoms with E-state index >= 15 is 0 Å². The van der Waals surface area contributed by atoms with E-state index < -0.39 is 0 Å². The maximum Gasteiger partial charge on any atom is 0.110 e. The van der Waals surface area contributed by atoms with Crippen molar-refractivity contribution in [1.82, 2.24) is 9.55 Å². The number of fused-ring (bicyclic) bond motifs is 1. The minimum absolute atomic E-state index is 0.329. The van der Waals surface area contributed by atoms with Crippen molar-refractivity contribution in [2.45, 2.75) is 25.7 Å². The van der Waals surface area contributed by atoms with Crippen LogP contribution in [-0.2, 0) is 13.5 Å². The fourth-order valence-electron chi connectivity index (χ4n) is 2.82. The Balaban J connectivity index is 1.98. The molecule has 0 amide bonds. The van der Waals surface area contributed by atoms with Crippen molar-refractivity contribution in [3.05, 3.63) is 30.1 Å². The van der Waals surface area contributed by atoms with Crippen LogP contribution >= 0.6 is 0 Å². The van der Waals surface area contributed by atoms with Crippen LogP contribution in [0.25, 0.3) is 11.0 Å². The topological polar surface area (TPSA) is 43.8 Å². The van der Waals surface area contributed by atoms with Crippen LogP contribution in [0.2, 0.25) is 0 Å². The van der Waals surface area contributed by atoms with Gasteiger partial charge in [0, 0.05) is 13.5 Å². The Morgan fingerprint density at radius 3 is 2.71 bits per heavy atom. The van der Waals surface area contributed by atoms with E-state index in [1.54, 1.807) is 0 Å². The van der Waals surface area contributed by atoms with Crippen LogP contribution in [-0.4, -0.2) is 16.1 Å². The second kappa shape index (κ2) is 3.84. The van der Waals surface area contributed by atoms with Gasteiger partial charge >= 0.3 is 0 Å². The molecule has 0 aliphatic heterocycles. The SMILES string of the molecule is Cn1c(CC2(CN)CCC2)nc2ccccc21. The Bertz CT molecular complexity index is 532. The molecular formula is C14H19N3. The van der Waals surface area contributed by atoms with Crippen LogP contribution in [0.5, 0.6) is 0 Å². The summed E-state index contributed by atoms with van der Waals surface area (Å²) >= 11 is 0. The van der Waals surface area contributed by atoms with Crippen LogP contribution in [0, 0.1) is 5.41 Å². The highest BCUT2D eigenvalue weighted by molar-refractivity contribution is 5.75. The third-order valence-electron chi connectivity index (χ3n) is 4.26. The maximum absolute atomic E-state index is 5.92. The van der Waals surface area contributed by atoms with E-state index in [0.29, 0.717) is 5.41 Å². The van der Waals surface area contributed by atoms with Gasteiger partial charge in [-0.05, 0) is 36.9 Å². The number of imidazole rings is 1. The van der Waals surface area contributed by atoms with Crippen molar-refractivity contribution in [1.29, 1.82) is 0 Å². The highest BCUT2D eigenvalue weighted by atomic mass is 15.1. The summed E-state index contributed by atoms with van der Waals surface area (Å²) < 4.78 is 2.21. The molecule has 0 spiro atoms. The largest absolute Gasteiger partial charge is 0.331 e. The van der Waals surface area contributed by atoms with Gasteiger partial charge in [-0.1, -0.05) is 18.6 Å². The average molecular weight is 229 g/mol. The molecule has 3 rings (SSSR count). The molecule has 3 heteroatoms. The summed E-state index contributed by atoms with van der Waals surface area (Å²) in [5, 5.41) is 0. The van der Waals surface area contributed by atoms with Crippen molar-refractivity contribution >= 4 is 11.0 Å². The number of benzene rings is 1. The average Bonchev–Trinajstić information content (AvgIpc) is 2.62. The van der Waals surface area contributed by atoms with E-state index in [1.807, 2.05) is 6.07 Å². The number of nitrogens with two attached hydrogens (primary N) is 1. The van der Waals surface area contributed by atoms with Crippen LogP contribution in [0.3, 0.4) is 0 Å². The number of hydrogen-bond donors (Lipinski definition) is 1. The third kappa shape index (κ3) is 1.65. The molecule has 1 aromatic heterocycles. The van der Waals surface area contributed by atoms with Crippen molar-refractivity contribution in [3.8, 4) is 0 Å². The second-order valence-corrected chi connectivity index (χ2v) is 5.31. The van der Waals surface area contributed by atoms with Gasteiger partial charge in [0.25, 0.3) is 0 Å². The fourth-order valence-corrected chi connectivity index (χ4v) is 2.82. The summed E-state index contributed by atoms with van der Waals surface area (Å²) in [5.41, 5.74) is 8.56. The smallest absolute Gasteiger partial charge is 0.110 e. The van der Waals surface area contributed by atoms with Crippen molar-refractivity contribution in [3.63, 3.8) is 0 Å². The lowest BCUT2D eigenvalue weighted by molar-refractivity contribution is 0.140. The van der Waals surface area contributed by atoms with E-state index in [9.17, 15) is 0 Å². The lowest BCUT2D eigenvalue weighted by Crippen LogP contribution is -2.39. The number of rotatable bonds is 3. The molecule has 1 fully saturated rings. The monoisotopic (exact) mass is 229 g/mol. The Kier molecular flexibility index (Phi) is 2.44. The minimum Gasteiger partial charge on any atom is -0.331 e. The Hall–Kier alpha value is -1.35. The Labute approximate surface area is 102 Å². The fraction of sp³-hybridized carbons (Fsp3) is 0.500. The molecule has 2 N–H and O–H groups in total. The summed E-state index contributed by atoms with van der Waals surface area (Å²) in [6.07, 6.45) is 4.86. The van der Waals surface area contributed by atoms with Gasteiger partial charge in [-0.25, -0.2) is 4.98 Å². The van der Waals surface area contributed by atoms with Crippen molar-refractivity contribution < 1.29 is 0 Å². The normalized spacial score (nSPS) is 18.2. The lowest BCUT2D eigenvalue weighted by Gasteiger charge is -2.40. The maximum atomic E-state index is 5.92. The zero-order valence-electron chi connectivity index (χ0n) is 10.3. The first-order valence-corrected chi connectivity index (χ1v) is 6.35. The molecule has 0 unspecified atom stereocenters. The number of nitrogens with zero attached hydrogens (tertiary/aromatic N) is 2. The van der Waals surface area contributed by atoms with E-state index in [1.165, 1.54) is 30.6 Å². The van der Waals surface area contributed by atoms with Crippen LogP contribution < -0.4 is 5.73 Å². The molecule has 17 heavy (non-hydrogen) atoms.